The monoisotopic (exact) mass is 937 g/mol. The Morgan fingerprint density at radius 2 is 1.37 bits per heavy atom. The van der Waals surface area contributed by atoms with Gasteiger partial charge in [-0.15, -0.1) is 0 Å². The van der Waals surface area contributed by atoms with Crippen molar-refractivity contribution in [1.82, 2.24) is 15.0 Å². The Hall–Kier alpha value is -0.920. The van der Waals surface area contributed by atoms with E-state index in [4.69, 9.17) is 34.8 Å². The largest absolute Gasteiger partial charge is 1.00 e. The number of hydrogen-bond donors (Lipinski definition) is 2. The van der Waals surface area contributed by atoms with E-state index in [9.17, 15) is 53.6 Å². The number of benzene rings is 3. The van der Waals surface area contributed by atoms with Gasteiger partial charge in [-0.3, -0.25) is 4.79 Å². The number of carbonyl (C=O) groups excluding carboxylic acids is 2. The second-order valence-electron chi connectivity index (χ2n) is 10.3. The summed E-state index contributed by atoms with van der Waals surface area (Å²) < 4.78 is 104. The molecule has 0 aliphatic carbocycles. The zero-order valence-electron chi connectivity index (χ0n) is 29.6. The Morgan fingerprint density at radius 1 is 0.772 bits per heavy atom. The number of aromatic carboxylic acids is 1. The molecule has 31 heteroatoms. The van der Waals surface area contributed by atoms with Gasteiger partial charge in [0, 0.05) is 11.3 Å². The van der Waals surface area contributed by atoms with Crippen LogP contribution < -0.4 is 139 Å². The molecule has 278 valence electrons. The predicted molar refractivity (Wildman–Crippen MR) is 178 cm³/mol. The first-order chi connectivity index (χ1) is 24.5. The van der Waals surface area contributed by atoms with Crippen molar-refractivity contribution in [1.29, 1.82) is 0 Å². The van der Waals surface area contributed by atoms with Gasteiger partial charge in [0.2, 0.25) is 17.2 Å². The van der Waals surface area contributed by atoms with Gasteiger partial charge in [-0.25, -0.2) is 25.3 Å². The van der Waals surface area contributed by atoms with Crippen molar-refractivity contribution in [2.45, 2.75) is 27.7 Å². The third-order valence-electron chi connectivity index (χ3n) is 6.71. The van der Waals surface area contributed by atoms with Crippen LogP contribution in [0.25, 0.3) is 0 Å². The molecule has 57 heavy (non-hydrogen) atoms. The minimum atomic E-state index is -5.19. The molecule has 3 aromatic carbocycles. The molecular formula is C26H14Cl3N9Na4O12S3. The number of hydrazone groups is 1. The fraction of sp³-hybridized carbons (Fsp3) is 0.0769. The summed E-state index contributed by atoms with van der Waals surface area (Å²) in [4.78, 5) is 33.9. The van der Waals surface area contributed by atoms with Crippen molar-refractivity contribution in [2.75, 3.05) is 15.6 Å². The van der Waals surface area contributed by atoms with Crippen LogP contribution in [0.15, 0.2) is 78.5 Å². The smallest absolute Gasteiger partial charge is 0.744 e. The minimum Gasteiger partial charge on any atom is -0.744 e. The van der Waals surface area contributed by atoms with Gasteiger partial charge in [0.1, 0.15) is 36.0 Å². The number of amides is 1. The molecule has 0 spiro atoms. The first-order valence-electron chi connectivity index (χ1n) is 13.6. The molecule has 21 nitrogen and oxygen atoms in total. The van der Waals surface area contributed by atoms with Gasteiger partial charge in [-0.05, 0) is 67.1 Å². The van der Waals surface area contributed by atoms with Crippen molar-refractivity contribution < 1.29 is 172 Å². The number of rotatable bonds is 11. The molecular weight excluding hydrogens is 925 g/mol. The second kappa shape index (κ2) is 21.2. The predicted octanol–water partition coefficient (Wildman–Crippen LogP) is -9.71. The summed E-state index contributed by atoms with van der Waals surface area (Å²) >= 11 is 18.0. The Morgan fingerprint density at radius 3 is 1.93 bits per heavy atom. The molecule has 1 aliphatic heterocycles. The van der Waals surface area contributed by atoms with Crippen LogP contribution in [0.1, 0.15) is 17.3 Å². The molecule has 1 aliphatic rings. The summed E-state index contributed by atoms with van der Waals surface area (Å²) in [5, 5.41) is 27.7. The Bertz CT molecular complexity index is 2650. The maximum atomic E-state index is 13.3. The number of carbonyl (C=O) groups is 2. The Kier molecular flexibility index (Phi) is 20.2. The van der Waals surface area contributed by atoms with Crippen molar-refractivity contribution in [3.63, 3.8) is 0 Å². The van der Waals surface area contributed by atoms with Crippen molar-refractivity contribution in [3.05, 3.63) is 69.4 Å². The number of anilines is 5. The maximum absolute atomic E-state index is 13.3. The number of hydrogen-bond acceptors (Lipinski definition) is 20. The normalized spacial score (nSPS) is 14.1. The number of nitrogens with zero attached hydrogens (tertiary/aromatic N) is 7. The molecule has 1 unspecified atom stereocenters. The van der Waals surface area contributed by atoms with Crippen molar-refractivity contribution >= 4 is 117 Å². The van der Waals surface area contributed by atoms with Crippen molar-refractivity contribution in [3.8, 4) is 0 Å². The van der Waals surface area contributed by atoms with E-state index in [0.29, 0.717) is 11.1 Å². The van der Waals surface area contributed by atoms with Crippen LogP contribution in [0.5, 0.6) is 0 Å². The number of carboxylic acids is 1. The van der Waals surface area contributed by atoms with E-state index in [0.717, 1.165) is 42.5 Å². The van der Waals surface area contributed by atoms with Crippen LogP contribution in [0, 0.1) is 0 Å². The summed E-state index contributed by atoms with van der Waals surface area (Å²) in [6.07, 6.45) is 0. The zero-order valence-corrected chi connectivity index (χ0v) is 42.3. The molecule has 0 radical (unpaired) electrons. The summed E-state index contributed by atoms with van der Waals surface area (Å²) in [6, 6.07) is 5.36. The molecule has 0 bridgehead atoms. The quantitative estimate of drug-likeness (QED) is 0.0801. The van der Waals surface area contributed by atoms with E-state index in [1.807, 2.05) is 0 Å². The van der Waals surface area contributed by atoms with E-state index in [1.54, 1.807) is 0 Å². The standard InChI is InChI=1S/C26H18Cl3N9O12S3.4Na/c1-10-21(22(39)38(37-10)18-8-15(28)20(9-14(18)27)53(48,49)50)36-35-17-6-11(2-5-19(17)52(45,46)47)30-25-32-24(29)33-26(34-25)31-16-4-3-12(51(42,43)44)7-13(16)23(40)41;;;;/h2-9,21H,1H3,(H,40,41)(H,42,43,44)(H,45,46,47)(H,48,49,50)(H2,30,31,32,33,34);;;;/q;4*+1/p-4. The molecule has 0 saturated carbocycles. The van der Waals surface area contributed by atoms with Crippen LogP contribution in [0.3, 0.4) is 0 Å². The van der Waals surface area contributed by atoms with Gasteiger partial charge in [0.05, 0.1) is 47.8 Å². The third kappa shape index (κ3) is 13.3. The van der Waals surface area contributed by atoms with Gasteiger partial charge in [-0.2, -0.15) is 35.3 Å². The molecule has 4 aromatic rings. The molecule has 0 saturated heterocycles. The molecule has 5 rings (SSSR count). The summed E-state index contributed by atoms with van der Waals surface area (Å²) in [7, 11) is -15.2. The van der Waals surface area contributed by atoms with Crippen LogP contribution >= 0.6 is 34.8 Å². The average Bonchev–Trinajstić information content (AvgIpc) is 3.31. The fourth-order valence-electron chi connectivity index (χ4n) is 4.41. The van der Waals surface area contributed by atoms with Crippen LogP contribution in [-0.2, 0) is 35.1 Å². The van der Waals surface area contributed by atoms with Gasteiger partial charge < -0.3 is 34.2 Å². The number of carboxylic acid groups (broad SMARTS) is 1. The first-order valence-corrected chi connectivity index (χ1v) is 19.0. The van der Waals surface area contributed by atoms with Gasteiger partial charge in [-0.1, -0.05) is 23.2 Å². The van der Waals surface area contributed by atoms with Gasteiger partial charge in [0.25, 0.3) is 5.91 Å². The van der Waals surface area contributed by atoms with Crippen molar-refractivity contribution in [2.24, 2.45) is 15.3 Å². The number of aromatic nitrogens is 3. The second-order valence-corrected chi connectivity index (χ2v) is 15.5. The van der Waals surface area contributed by atoms with E-state index in [1.165, 1.54) is 6.92 Å². The zero-order chi connectivity index (χ0) is 39.2. The van der Waals surface area contributed by atoms with E-state index >= 15 is 0 Å². The number of azo groups is 1. The fourth-order valence-corrected chi connectivity index (χ4v) is 6.96. The number of halogens is 3. The van der Waals surface area contributed by atoms with Crippen LogP contribution in [0.4, 0.5) is 34.6 Å². The molecule has 0 fully saturated rings. The average molecular weight is 939 g/mol. The summed E-state index contributed by atoms with van der Waals surface area (Å²) in [5.41, 5.74) is -1.93. The van der Waals surface area contributed by atoms with E-state index < -0.39 is 95.5 Å². The van der Waals surface area contributed by atoms with Crippen LogP contribution in [0.2, 0.25) is 15.3 Å². The molecule has 1 amide bonds. The number of nitrogens with one attached hydrogen (secondary N) is 2. The molecule has 2 N–H and O–H groups in total. The molecule has 2 heterocycles. The Labute approximate surface area is 426 Å². The topological polar surface area (TPSA) is 332 Å². The molecule has 1 atom stereocenters. The first kappa shape index (κ1) is 54.1. The minimum absolute atomic E-state index is 0. The third-order valence-corrected chi connectivity index (χ3v) is 10.2. The molecule has 1 aromatic heterocycles. The summed E-state index contributed by atoms with van der Waals surface area (Å²) in [6.45, 7) is 1.34. The van der Waals surface area contributed by atoms with E-state index in [-0.39, 0.29) is 147 Å². The van der Waals surface area contributed by atoms with E-state index in [2.05, 4.69) is 40.9 Å². The van der Waals surface area contributed by atoms with Gasteiger partial charge >= 0.3 is 118 Å². The maximum Gasteiger partial charge on any atom is 1.00 e. The van der Waals surface area contributed by atoms with Gasteiger partial charge in [0.15, 0.2) is 6.04 Å². The van der Waals surface area contributed by atoms with Crippen LogP contribution in [-0.4, -0.2) is 77.5 Å². The Balaban J connectivity index is 0.00000406. The SMILES string of the molecule is CC1=NN(c2cc(Cl)c(S(=O)(=O)[O-])cc2Cl)C(=O)C1N=Nc1cc(Nc2nc(Cl)nc(Nc3ccc(S(=O)(=O)[O-])cc3C(=O)[O-])n2)ccc1S(=O)(=O)[O-].[Na+].[Na+].[Na+].[Na+]. The summed E-state index contributed by atoms with van der Waals surface area (Å²) in [5.74, 6) is -3.54.